The lowest BCUT2D eigenvalue weighted by atomic mass is 9.93. The summed E-state index contributed by atoms with van der Waals surface area (Å²) in [5.74, 6) is -1.39. The first kappa shape index (κ1) is 17.8. The van der Waals surface area contributed by atoms with E-state index in [0.717, 1.165) is 36.6 Å². The van der Waals surface area contributed by atoms with Crippen molar-refractivity contribution >= 4 is 40.7 Å². The van der Waals surface area contributed by atoms with Gasteiger partial charge in [0.05, 0.1) is 16.8 Å². The van der Waals surface area contributed by atoms with Gasteiger partial charge in [0.2, 0.25) is 0 Å². The number of ether oxygens (including phenoxy) is 1. The number of rotatable bonds is 3. The summed E-state index contributed by atoms with van der Waals surface area (Å²) in [4.78, 5) is 26.3. The number of imide groups is 1. The zero-order valence-corrected chi connectivity index (χ0v) is 15.6. The van der Waals surface area contributed by atoms with Crippen LogP contribution in [0.4, 0.5) is 10.1 Å². The van der Waals surface area contributed by atoms with Gasteiger partial charge in [0, 0.05) is 22.6 Å². The molecule has 2 amide bonds. The van der Waals surface area contributed by atoms with E-state index in [1.54, 1.807) is 0 Å². The van der Waals surface area contributed by atoms with Gasteiger partial charge in [0.1, 0.15) is 11.6 Å². The quantitative estimate of drug-likeness (QED) is 0.545. The Morgan fingerprint density at radius 3 is 2.50 bits per heavy atom. The molecule has 0 aromatic heterocycles. The third-order valence-corrected chi connectivity index (χ3v) is 5.93. The number of hydrogen-bond donors (Lipinski definition) is 0. The molecule has 1 aromatic rings. The van der Waals surface area contributed by atoms with Crippen LogP contribution < -0.4 is 9.64 Å². The molecule has 0 bridgehead atoms. The largest absolute Gasteiger partial charge is 0.489 e. The lowest BCUT2D eigenvalue weighted by Gasteiger charge is -2.20. The fraction of sp³-hybridized carbons (Fsp3) is 0.474. The molecule has 3 aliphatic rings. The lowest BCUT2D eigenvalue weighted by Crippen LogP contribution is -2.32. The summed E-state index contributed by atoms with van der Waals surface area (Å²) in [6.07, 6.45) is 5.41. The molecule has 0 spiro atoms. The van der Waals surface area contributed by atoms with Crippen molar-refractivity contribution in [3.63, 3.8) is 0 Å². The van der Waals surface area contributed by atoms with Gasteiger partial charge in [-0.3, -0.25) is 9.59 Å². The molecule has 2 aliphatic carbocycles. The molecule has 7 heteroatoms. The maximum absolute atomic E-state index is 14.6. The molecule has 138 valence electrons. The van der Waals surface area contributed by atoms with Gasteiger partial charge in [-0.25, -0.2) is 9.29 Å². The second-order valence-corrected chi connectivity index (χ2v) is 8.03. The van der Waals surface area contributed by atoms with E-state index in [0.29, 0.717) is 36.2 Å². The molecule has 1 atom stereocenters. The Balaban J connectivity index is 1.67. The molecule has 4 nitrogen and oxygen atoms in total. The average Bonchev–Trinajstić information content (AvgIpc) is 3.18. The third kappa shape index (κ3) is 3.01. The van der Waals surface area contributed by atoms with Crippen LogP contribution in [0.15, 0.2) is 23.3 Å². The second-order valence-electron chi connectivity index (χ2n) is 7.00. The van der Waals surface area contributed by atoms with Crippen LogP contribution in [0.5, 0.6) is 5.75 Å². The van der Waals surface area contributed by atoms with E-state index in [1.807, 2.05) is 0 Å². The Bertz CT molecular complexity index is 817. The van der Waals surface area contributed by atoms with Crippen molar-refractivity contribution in [2.24, 2.45) is 0 Å². The molecular formula is C19H18Cl2FNO3. The average molecular weight is 398 g/mol. The van der Waals surface area contributed by atoms with Crippen LogP contribution >= 0.6 is 23.2 Å². The number of hydrogen-bond acceptors (Lipinski definition) is 3. The summed E-state index contributed by atoms with van der Waals surface area (Å²) in [6, 6.07) is 2.46. The van der Waals surface area contributed by atoms with Crippen molar-refractivity contribution in [3.8, 4) is 5.75 Å². The van der Waals surface area contributed by atoms with E-state index in [1.165, 1.54) is 6.07 Å². The summed E-state index contributed by atoms with van der Waals surface area (Å²) in [5.41, 5.74) is 0.728. The van der Waals surface area contributed by atoms with E-state index < -0.39 is 17.6 Å². The Morgan fingerprint density at radius 2 is 1.77 bits per heavy atom. The zero-order valence-electron chi connectivity index (χ0n) is 14.1. The van der Waals surface area contributed by atoms with Gasteiger partial charge < -0.3 is 4.74 Å². The highest BCUT2D eigenvalue weighted by Crippen LogP contribution is 2.41. The van der Waals surface area contributed by atoms with Crippen molar-refractivity contribution in [1.29, 1.82) is 0 Å². The number of benzene rings is 1. The standard InChI is InChI=1S/C19H18Cl2FNO3/c20-10-5-6-12-13(7-10)19(25)23(18(12)24)16-9-17(14(21)8-15(16)22)26-11-3-1-2-4-11/h8-11H,1-7H2. The van der Waals surface area contributed by atoms with Gasteiger partial charge in [-0.1, -0.05) is 11.6 Å². The van der Waals surface area contributed by atoms with Crippen molar-refractivity contribution in [2.75, 3.05) is 4.90 Å². The number of anilines is 1. The van der Waals surface area contributed by atoms with Gasteiger partial charge in [-0.2, -0.15) is 0 Å². The molecule has 1 unspecified atom stereocenters. The Kier molecular flexibility index (Phi) is 4.70. The number of carbonyl (C=O) groups is 2. The molecule has 1 aliphatic heterocycles. The highest BCUT2D eigenvalue weighted by atomic mass is 35.5. The van der Waals surface area contributed by atoms with Crippen LogP contribution in [0.3, 0.4) is 0 Å². The maximum Gasteiger partial charge on any atom is 0.261 e. The van der Waals surface area contributed by atoms with Gasteiger partial charge in [0.15, 0.2) is 0 Å². The van der Waals surface area contributed by atoms with Crippen molar-refractivity contribution in [2.45, 2.75) is 56.4 Å². The van der Waals surface area contributed by atoms with Gasteiger partial charge in [0.25, 0.3) is 11.8 Å². The second kappa shape index (κ2) is 6.86. The monoisotopic (exact) mass is 397 g/mol. The van der Waals surface area contributed by atoms with Crippen LogP contribution in [-0.4, -0.2) is 23.3 Å². The minimum atomic E-state index is -0.724. The number of amides is 2. The summed E-state index contributed by atoms with van der Waals surface area (Å²) in [5, 5.41) is -0.0439. The van der Waals surface area contributed by atoms with Crippen molar-refractivity contribution < 1.29 is 18.7 Å². The number of alkyl halides is 1. The maximum atomic E-state index is 14.6. The Morgan fingerprint density at radius 1 is 1.08 bits per heavy atom. The van der Waals surface area contributed by atoms with E-state index >= 15 is 0 Å². The highest BCUT2D eigenvalue weighted by molar-refractivity contribution is 6.35. The fourth-order valence-corrected chi connectivity index (χ4v) is 4.36. The molecule has 0 saturated heterocycles. The predicted molar refractivity (Wildman–Crippen MR) is 97.3 cm³/mol. The zero-order chi connectivity index (χ0) is 18.4. The first-order valence-electron chi connectivity index (χ1n) is 8.86. The molecule has 1 heterocycles. The molecule has 4 rings (SSSR count). The van der Waals surface area contributed by atoms with E-state index in [4.69, 9.17) is 27.9 Å². The van der Waals surface area contributed by atoms with Crippen molar-refractivity contribution in [3.05, 3.63) is 34.1 Å². The number of nitrogens with zero attached hydrogens (tertiary/aromatic N) is 1. The molecule has 1 fully saturated rings. The summed E-state index contributed by atoms with van der Waals surface area (Å²) < 4.78 is 20.5. The first-order valence-corrected chi connectivity index (χ1v) is 9.67. The Hall–Kier alpha value is -1.59. The Labute approximate surface area is 160 Å². The van der Waals surface area contributed by atoms with E-state index in [2.05, 4.69) is 0 Å². The van der Waals surface area contributed by atoms with Crippen LogP contribution in [0.2, 0.25) is 5.02 Å². The van der Waals surface area contributed by atoms with Gasteiger partial charge in [-0.05, 0) is 51.0 Å². The highest BCUT2D eigenvalue weighted by Gasteiger charge is 2.42. The molecule has 1 saturated carbocycles. The summed E-state index contributed by atoms with van der Waals surface area (Å²) in [6.45, 7) is 0. The molecule has 0 radical (unpaired) electrons. The van der Waals surface area contributed by atoms with E-state index in [9.17, 15) is 14.0 Å². The minimum absolute atomic E-state index is 0.0270. The summed E-state index contributed by atoms with van der Waals surface area (Å²) in [7, 11) is 0. The van der Waals surface area contributed by atoms with Gasteiger partial charge in [-0.15, -0.1) is 11.6 Å². The molecular weight excluding hydrogens is 380 g/mol. The smallest absolute Gasteiger partial charge is 0.261 e. The normalized spacial score (nSPS) is 23.8. The van der Waals surface area contributed by atoms with Crippen molar-refractivity contribution in [1.82, 2.24) is 0 Å². The van der Waals surface area contributed by atoms with Crippen LogP contribution in [-0.2, 0) is 9.59 Å². The lowest BCUT2D eigenvalue weighted by molar-refractivity contribution is -0.120. The molecule has 26 heavy (non-hydrogen) atoms. The summed E-state index contributed by atoms with van der Waals surface area (Å²) >= 11 is 12.3. The van der Waals surface area contributed by atoms with Crippen LogP contribution in [0.25, 0.3) is 0 Å². The molecule has 1 aromatic carbocycles. The topological polar surface area (TPSA) is 46.6 Å². The third-order valence-electron chi connectivity index (χ3n) is 5.26. The van der Waals surface area contributed by atoms with Crippen LogP contribution in [0, 0.1) is 5.82 Å². The minimum Gasteiger partial charge on any atom is -0.489 e. The molecule has 0 N–H and O–H groups in total. The number of carbonyl (C=O) groups excluding carboxylic acids is 2. The fourth-order valence-electron chi connectivity index (χ4n) is 3.90. The number of halogens is 3. The van der Waals surface area contributed by atoms with Gasteiger partial charge >= 0.3 is 0 Å². The van der Waals surface area contributed by atoms with E-state index in [-0.39, 0.29) is 22.2 Å². The first-order chi connectivity index (χ1) is 12.5. The van der Waals surface area contributed by atoms with Crippen LogP contribution in [0.1, 0.15) is 44.9 Å². The predicted octanol–water partition coefficient (Wildman–Crippen LogP) is 4.76. The SMILES string of the molecule is O=C1C2=C(CC(Cl)CC2)C(=O)N1c1cc(OC2CCCC2)c(Cl)cc1F.